The van der Waals surface area contributed by atoms with Gasteiger partial charge >= 0.3 is 0 Å². The van der Waals surface area contributed by atoms with E-state index in [1.54, 1.807) is 36.7 Å². The number of amides is 1. The van der Waals surface area contributed by atoms with Crippen molar-refractivity contribution in [3.8, 4) is 11.3 Å². The molecular formula is C29H32N6O3S2. The summed E-state index contributed by atoms with van der Waals surface area (Å²) in [5.74, 6) is -0.0515. The number of fused-ring (bicyclic) bond motifs is 1. The molecule has 4 aromatic rings. The van der Waals surface area contributed by atoms with Crippen LogP contribution in [0, 0.1) is 5.92 Å². The van der Waals surface area contributed by atoms with Crippen molar-refractivity contribution in [3.63, 3.8) is 0 Å². The zero-order valence-electron chi connectivity index (χ0n) is 22.1. The molecule has 2 aliphatic rings. The number of carbonyl (C=O) groups excluding carboxylic acids is 1. The maximum atomic E-state index is 13.7. The van der Waals surface area contributed by atoms with Crippen LogP contribution in [-0.4, -0.2) is 59.8 Å². The molecule has 1 atom stereocenters. The maximum absolute atomic E-state index is 13.7. The molecule has 11 heteroatoms. The number of benzene rings is 1. The summed E-state index contributed by atoms with van der Waals surface area (Å²) in [5, 5.41) is 6.74. The largest absolute Gasteiger partial charge is 0.314 e. The van der Waals surface area contributed by atoms with Crippen LogP contribution in [0.25, 0.3) is 21.6 Å². The Labute approximate surface area is 238 Å². The van der Waals surface area contributed by atoms with Crippen molar-refractivity contribution in [1.29, 1.82) is 0 Å². The van der Waals surface area contributed by atoms with Crippen LogP contribution in [0.3, 0.4) is 0 Å². The third kappa shape index (κ3) is 5.78. The van der Waals surface area contributed by atoms with Crippen LogP contribution in [0.2, 0.25) is 0 Å². The number of thiazole rings is 1. The summed E-state index contributed by atoms with van der Waals surface area (Å²) in [4.78, 5) is 28.1. The molecule has 1 aliphatic carbocycles. The minimum atomic E-state index is -3.56. The molecule has 0 bridgehead atoms. The molecule has 208 valence electrons. The first-order valence-corrected chi connectivity index (χ1v) is 16.0. The van der Waals surface area contributed by atoms with Gasteiger partial charge in [-0.1, -0.05) is 49.2 Å². The molecule has 1 saturated heterocycles. The first kappa shape index (κ1) is 26.9. The molecule has 0 radical (unpaired) electrons. The van der Waals surface area contributed by atoms with Crippen LogP contribution < -0.4 is 10.6 Å². The number of carbonyl (C=O) groups is 1. The Kier molecular flexibility index (Phi) is 7.88. The van der Waals surface area contributed by atoms with E-state index in [9.17, 15) is 13.2 Å². The van der Waals surface area contributed by atoms with Crippen LogP contribution >= 0.6 is 11.3 Å². The SMILES string of the molecule is O=C(Nc1nc2ccc(-c3ccncc3)nc2s1)[C@H](CC1CCCC1)c1ccc(S(=O)(=O)N2CCNCC2)cc1. The number of rotatable bonds is 8. The molecule has 0 unspecified atom stereocenters. The van der Waals surface area contributed by atoms with Crippen molar-refractivity contribution in [1.82, 2.24) is 24.6 Å². The van der Waals surface area contributed by atoms with Crippen LogP contribution in [0.4, 0.5) is 5.13 Å². The summed E-state index contributed by atoms with van der Waals surface area (Å²) >= 11 is 1.35. The van der Waals surface area contributed by atoms with Crippen molar-refractivity contribution in [2.75, 3.05) is 31.5 Å². The van der Waals surface area contributed by atoms with Gasteiger partial charge in [-0.15, -0.1) is 0 Å². The van der Waals surface area contributed by atoms with Crippen LogP contribution in [0.15, 0.2) is 65.8 Å². The molecule has 1 aliphatic heterocycles. The highest BCUT2D eigenvalue weighted by molar-refractivity contribution is 7.89. The molecule has 9 nitrogen and oxygen atoms in total. The predicted molar refractivity (Wildman–Crippen MR) is 157 cm³/mol. The minimum Gasteiger partial charge on any atom is -0.314 e. The van der Waals surface area contributed by atoms with Gasteiger partial charge < -0.3 is 10.6 Å². The van der Waals surface area contributed by atoms with E-state index in [4.69, 9.17) is 4.98 Å². The van der Waals surface area contributed by atoms with Gasteiger partial charge in [0.25, 0.3) is 0 Å². The second-order valence-electron chi connectivity index (χ2n) is 10.4. The lowest BCUT2D eigenvalue weighted by atomic mass is 9.87. The Hall–Kier alpha value is -3.25. The number of sulfonamides is 1. The molecule has 1 saturated carbocycles. The Morgan fingerprint density at radius 1 is 1.00 bits per heavy atom. The summed E-state index contributed by atoms with van der Waals surface area (Å²) in [6.07, 6.45) is 8.79. The Balaban J connectivity index is 1.23. The molecule has 2 N–H and O–H groups in total. The second kappa shape index (κ2) is 11.7. The molecule has 1 amide bonds. The summed E-state index contributed by atoms with van der Waals surface area (Å²) in [5.41, 5.74) is 3.34. The van der Waals surface area contributed by atoms with E-state index in [2.05, 4.69) is 20.6 Å². The minimum absolute atomic E-state index is 0.127. The number of aromatic nitrogens is 3. The first-order valence-electron chi connectivity index (χ1n) is 13.8. The van der Waals surface area contributed by atoms with Crippen LogP contribution in [-0.2, 0) is 14.8 Å². The number of pyridine rings is 2. The van der Waals surface area contributed by atoms with E-state index >= 15 is 0 Å². The number of hydrogen-bond donors (Lipinski definition) is 2. The zero-order chi connectivity index (χ0) is 27.5. The third-order valence-electron chi connectivity index (χ3n) is 7.82. The molecule has 1 aromatic carbocycles. The molecule has 40 heavy (non-hydrogen) atoms. The predicted octanol–water partition coefficient (Wildman–Crippen LogP) is 4.65. The quantitative estimate of drug-likeness (QED) is 0.314. The Morgan fingerprint density at radius 3 is 2.45 bits per heavy atom. The zero-order valence-corrected chi connectivity index (χ0v) is 23.8. The number of hydrogen-bond acceptors (Lipinski definition) is 8. The van der Waals surface area contributed by atoms with Gasteiger partial charge in [-0.2, -0.15) is 4.31 Å². The van der Waals surface area contributed by atoms with Gasteiger partial charge in [0, 0.05) is 44.1 Å². The Bertz CT molecular complexity index is 1580. The number of nitrogens with one attached hydrogen (secondary N) is 2. The van der Waals surface area contributed by atoms with Gasteiger partial charge in [-0.05, 0) is 54.3 Å². The van der Waals surface area contributed by atoms with Crippen LogP contribution in [0.1, 0.15) is 43.6 Å². The fourth-order valence-electron chi connectivity index (χ4n) is 5.63. The number of anilines is 1. The summed E-state index contributed by atoms with van der Waals surface area (Å²) in [6.45, 7) is 2.20. The molecular weight excluding hydrogens is 544 g/mol. The topological polar surface area (TPSA) is 117 Å². The number of nitrogens with zero attached hydrogens (tertiary/aromatic N) is 4. The second-order valence-corrected chi connectivity index (χ2v) is 13.3. The normalized spacial score (nSPS) is 17.7. The van der Waals surface area contributed by atoms with Gasteiger partial charge in [-0.25, -0.2) is 18.4 Å². The van der Waals surface area contributed by atoms with Crippen LogP contribution in [0.5, 0.6) is 0 Å². The van der Waals surface area contributed by atoms with E-state index in [1.807, 2.05) is 24.3 Å². The van der Waals surface area contributed by atoms with Crippen molar-refractivity contribution < 1.29 is 13.2 Å². The van der Waals surface area contributed by atoms with E-state index in [0.29, 0.717) is 37.2 Å². The first-order chi connectivity index (χ1) is 19.5. The molecule has 4 heterocycles. The van der Waals surface area contributed by atoms with E-state index < -0.39 is 15.9 Å². The van der Waals surface area contributed by atoms with Gasteiger partial charge in [0.1, 0.15) is 10.3 Å². The summed E-state index contributed by atoms with van der Waals surface area (Å²) < 4.78 is 27.8. The van der Waals surface area contributed by atoms with Crippen molar-refractivity contribution >= 4 is 42.7 Å². The fourth-order valence-corrected chi connectivity index (χ4v) is 7.91. The summed E-state index contributed by atoms with van der Waals surface area (Å²) in [7, 11) is -3.56. The fraction of sp³-hybridized carbons (Fsp3) is 0.379. The Morgan fingerprint density at radius 2 is 1.73 bits per heavy atom. The average Bonchev–Trinajstić information content (AvgIpc) is 3.66. The molecule has 2 fully saturated rings. The van der Waals surface area contributed by atoms with E-state index in [-0.39, 0.29) is 10.8 Å². The smallest absolute Gasteiger partial charge is 0.243 e. The lowest BCUT2D eigenvalue weighted by molar-refractivity contribution is -0.118. The lowest BCUT2D eigenvalue weighted by Crippen LogP contribution is -2.46. The average molecular weight is 577 g/mol. The van der Waals surface area contributed by atoms with Gasteiger partial charge in [-0.3, -0.25) is 9.78 Å². The highest BCUT2D eigenvalue weighted by Crippen LogP contribution is 2.36. The van der Waals surface area contributed by atoms with Gasteiger partial charge in [0.05, 0.1) is 16.5 Å². The number of piperazine rings is 1. The van der Waals surface area contributed by atoms with Crippen molar-refractivity contribution in [2.24, 2.45) is 5.92 Å². The van der Waals surface area contributed by atoms with Gasteiger partial charge in [0.2, 0.25) is 15.9 Å². The standard InChI is InChI=1S/C29H32N6O3S2/c36-27(34-29-33-26-10-9-25(32-28(26)39-29)22-11-13-30-14-12-22)24(19-20-3-1-2-4-20)21-5-7-23(8-6-21)40(37,38)35-17-15-31-16-18-35/h5-14,20,24,31H,1-4,15-19H2,(H,33,34,36)/t24-/m1/s1. The van der Waals surface area contributed by atoms with E-state index in [0.717, 1.165) is 46.4 Å². The summed E-state index contributed by atoms with van der Waals surface area (Å²) in [6, 6.07) is 14.5. The van der Waals surface area contributed by atoms with Crippen molar-refractivity contribution in [2.45, 2.75) is 42.9 Å². The third-order valence-corrected chi connectivity index (χ3v) is 10.6. The van der Waals surface area contributed by atoms with Crippen molar-refractivity contribution in [3.05, 3.63) is 66.5 Å². The molecule has 6 rings (SSSR count). The lowest BCUT2D eigenvalue weighted by Gasteiger charge is -2.27. The highest BCUT2D eigenvalue weighted by Gasteiger charge is 2.29. The monoisotopic (exact) mass is 576 g/mol. The van der Waals surface area contributed by atoms with Gasteiger partial charge in [0.15, 0.2) is 5.13 Å². The maximum Gasteiger partial charge on any atom is 0.243 e. The van der Waals surface area contributed by atoms with E-state index in [1.165, 1.54) is 28.5 Å². The highest BCUT2D eigenvalue weighted by atomic mass is 32.2. The molecule has 0 spiro atoms. The molecule has 3 aromatic heterocycles.